The zero-order valence-corrected chi connectivity index (χ0v) is 11.5. The van der Waals surface area contributed by atoms with E-state index in [0.717, 1.165) is 24.8 Å². The van der Waals surface area contributed by atoms with Crippen LogP contribution in [0.1, 0.15) is 49.5 Å². The Hall–Kier alpha value is -1.15. The van der Waals surface area contributed by atoms with Crippen LogP contribution in [0.2, 0.25) is 0 Å². The Morgan fingerprint density at radius 3 is 2.50 bits per heavy atom. The van der Waals surface area contributed by atoms with Crippen molar-refractivity contribution in [3.05, 3.63) is 35.4 Å². The Morgan fingerprint density at radius 2 is 2.00 bits per heavy atom. The fraction of sp³-hybridized carbons (Fsp3) is 0.562. The summed E-state index contributed by atoms with van der Waals surface area (Å²) in [6.45, 7) is 7.01. The van der Waals surface area contributed by atoms with Crippen molar-refractivity contribution in [2.45, 2.75) is 45.6 Å². The molecule has 1 aromatic carbocycles. The molecule has 1 saturated heterocycles. The van der Waals surface area contributed by atoms with E-state index in [9.17, 15) is 4.79 Å². The van der Waals surface area contributed by atoms with Crippen molar-refractivity contribution < 1.29 is 9.53 Å². The predicted octanol–water partition coefficient (Wildman–Crippen LogP) is 3.64. The van der Waals surface area contributed by atoms with E-state index in [-0.39, 0.29) is 5.78 Å². The highest BCUT2D eigenvalue weighted by Gasteiger charge is 2.37. The summed E-state index contributed by atoms with van der Waals surface area (Å²) in [5.41, 5.74) is 1.46. The summed E-state index contributed by atoms with van der Waals surface area (Å²) < 4.78 is 5.60. The largest absolute Gasteiger partial charge is 0.367 e. The average molecular weight is 246 g/mol. The van der Waals surface area contributed by atoms with Crippen LogP contribution in [0.4, 0.5) is 0 Å². The summed E-state index contributed by atoms with van der Waals surface area (Å²) in [5, 5.41) is 0. The molecule has 1 heterocycles. The van der Waals surface area contributed by atoms with E-state index in [1.165, 1.54) is 5.56 Å². The van der Waals surface area contributed by atoms with Gasteiger partial charge in [0.05, 0.1) is 0 Å². The van der Waals surface area contributed by atoms with Crippen molar-refractivity contribution in [1.29, 1.82) is 0 Å². The lowest BCUT2D eigenvalue weighted by atomic mass is 9.91. The van der Waals surface area contributed by atoms with Gasteiger partial charge in [-0.05, 0) is 37.7 Å². The van der Waals surface area contributed by atoms with Crippen LogP contribution in [-0.4, -0.2) is 18.0 Å². The minimum absolute atomic E-state index is 0.121. The first-order valence-electron chi connectivity index (χ1n) is 6.79. The van der Waals surface area contributed by atoms with Crippen molar-refractivity contribution >= 4 is 5.78 Å². The molecule has 1 aliphatic rings. The summed E-state index contributed by atoms with van der Waals surface area (Å²) in [7, 11) is 0. The van der Waals surface area contributed by atoms with Crippen LogP contribution in [0.5, 0.6) is 0 Å². The van der Waals surface area contributed by atoms with Gasteiger partial charge in [-0.25, -0.2) is 0 Å². The fourth-order valence-corrected chi connectivity index (χ4v) is 2.53. The lowest BCUT2D eigenvalue weighted by Crippen LogP contribution is -2.34. The van der Waals surface area contributed by atoms with Gasteiger partial charge in [-0.2, -0.15) is 0 Å². The minimum atomic E-state index is -0.598. The first-order valence-corrected chi connectivity index (χ1v) is 6.79. The maximum absolute atomic E-state index is 12.4. The van der Waals surface area contributed by atoms with Gasteiger partial charge in [0.1, 0.15) is 5.60 Å². The van der Waals surface area contributed by atoms with E-state index in [1.54, 1.807) is 0 Å². The van der Waals surface area contributed by atoms with E-state index < -0.39 is 5.60 Å². The maximum Gasteiger partial charge on any atom is 0.194 e. The fourth-order valence-electron chi connectivity index (χ4n) is 2.53. The topological polar surface area (TPSA) is 26.3 Å². The first-order chi connectivity index (χ1) is 8.51. The highest BCUT2D eigenvalue weighted by atomic mass is 16.5. The Kier molecular flexibility index (Phi) is 3.86. The Labute approximate surface area is 109 Å². The van der Waals surface area contributed by atoms with Gasteiger partial charge in [-0.1, -0.05) is 38.1 Å². The summed E-state index contributed by atoms with van der Waals surface area (Å²) >= 11 is 0. The molecule has 0 amide bonds. The summed E-state index contributed by atoms with van der Waals surface area (Å²) in [6.07, 6.45) is 2.87. The number of Topliss-reactive ketones (excluding diaryl/α,β-unsaturated/α-hetero) is 1. The summed E-state index contributed by atoms with van der Waals surface area (Å²) in [4.78, 5) is 12.4. The molecule has 0 radical (unpaired) electrons. The summed E-state index contributed by atoms with van der Waals surface area (Å²) in [5.74, 6) is 0.762. The Morgan fingerprint density at radius 1 is 1.33 bits per heavy atom. The molecule has 0 bridgehead atoms. The second-order valence-electron chi connectivity index (χ2n) is 5.81. The van der Waals surface area contributed by atoms with Crippen LogP contribution >= 0.6 is 0 Å². The molecule has 2 nitrogen and oxygen atoms in total. The number of benzene rings is 1. The molecule has 1 aliphatic heterocycles. The first kappa shape index (κ1) is 13.3. The lowest BCUT2D eigenvalue weighted by Gasteiger charge is -2.21. The van der Waals surface area contributed by atoms with Gasteiger partial charge < -0.3 is 4.74 Å². The van der Waals surface area contributed by atoms with Gasteiger partial charge in [0.2, 0.25) is 0 Å². The molecule has 2 rings (SSSR count). The number of ether oxygens (including phenoxy) is 1. The van der Waals surface area contributed by atoms with Gasteiger partial charge in [0.25, 0.3) is 0 Å². The van der Waals surface area contributed by atoms with E-state index >= 15 is 0 Å². The van der Waals surface area contributed by atoms with Gasteiger partial charge in [0.15, 0.2) is 5.78 Å². The number of hydrogen-bond acceptors (Lipinski definition) is 2. The molecule has 0 aromatic heterocycles. The minimum Gasteiger partial charge on any atom is -0.367 e. The standard InChI is InChI=1S/C16H22O2/c1-12(2)11-13-5-7-14(8-6-13)15(17)16(3)9-4-10-18-16/h5-8,12H,4,9-11H2,1-3H3. The highest BCUT2D eigenvalue weighted by molar-refractivity contribution is 6.02. The number of hydrogen-bond donors (Lipinski definition) is 0. The van der Waals surface area contributed by atoms with Gasteiger partial charge in [-0.3, -0.25) is 4.79 Å². The van der Waals surface area contributed by atoms with E-state index in [2.05, 4.69) is 26.0 Å². The molecule has 18 heavy (non-hydrogen) atoms. The lowest BCUT2D eigenvalue weighted by molar-refractivity contribution is 0.0213. The smallest absolute Gasteiger partial charge is 0.194 e. The average Bonchev–Trinajstić information content (AvgIpc) is 2.77. The van der Waals surface area contributed by atoms with Crippen molar-refractivity contribution in [3.63, 3.8) is 0 Å². The SMILES string of the molecule is CC(C)Cc1ccc(C(=O)C2(C)CCCO2)cc1. The number of rotatable bonds is 4. The third kappa shape index (κ3) is 2.81. The normalized spacial score (nSPS) is 23.6. The highest BCUT2D eigenvalue weighted by Crippen LogP contribution is 2.29. The molecule has 1 fully saturated rings. The predicted molar refractivity (Wildman–Crippen MR) is 72.9 cm³/mol. The number of ketones is 1. The Bertz CT molecular complexity index is 411. The number of carbonyl (C=O) groups is 1. The van der Waals surface area contributed by atoms with Crippen molar-refractivity contribution in [3.8, 4) is 0 Å². The second kappa shape index (κ2) is 5.23. The molecule has 0 saturated carbocycles. The van der Waals surface area contributed by atoms with Crippen LogP contribution in [0.25, 0.3) is 0 Å². The summed E-state index contributed by atoms with van der Waals surface area (Å²) in [6, 6.07) is 8.00. The molecular formula is C16H22O2. The van der Waals surface area contributed by atoms with Crippen LogP contribution in [0.15, 0.2) is 24.3 Å². The van der Waals surface area contributed by atoms with Crippen LogP contribution < -0.4 is 0 Å². The second-order valence-corrected chi connectivity index (χ2v) is 5.81. The number of carbonyl (C=O) groups excluding carboxylic acids is 1. The molecular weight excluding hydrogens is 224 g/mol. The van der Waals surface area contributed by atoms with Crippen LogP contribution in [0.3, 0.4) is 0 Å². The molecule has 98 valence electrons. The quantitative estimate of drug-likeness (QED) is 0.758. The van der Waals surface area contributed by atoms with Crippen LogP contribution in [0, 0.1) is 5.92 Å². The van der Waals surface area contributed by atoms with E-state index in [0.29, 0.717) is 12.5 Å². The Balaban J connectivity index is 2.12. The van der Waals surface area contributed by atoms with E-state index in [1.807, 2.05) is 19.1 Å². The molecule has 0 N–H and O–H groups in total. The third-order valence-corrected chi connectivity index (χ3v) is 3.56. The molecule has 1 aromatic rings. The van der Waals surface area contributed by atoms with Gasteiger partial charge >= 0.3 is 0 Å². The molecule has 1 atom stereocenters. The van der Waals surface area contributed by atoms with E-state index in [4.69, 9.17) is 4.74 Å². The molecule has 1 unspecified atom stereocenters. The molecule has 0 aliphatic carbocycles. The monoisotopic (exact) mass is 246 g/mol. The maximum atomic E-state index is 12.4. The van der Waals surface area contributed by atoms with Gasteiger partial charge in [-0.15, -0.1) is 0 Å². The molecule has 0 spiro atoms. The van der Waals surface area contributed by atoms with Crippen molar-refractivity contribution in [2.75, 3.05) is 6.61 Å². The van der Waals surface area contributed by atoms with Crippen molar-refractivity contribution in [2.24, 2.45) is 5.92 Å². The molecule has 2 heteroatoms. The zero-order chi connectivity index (χ0) is 13.2. The van der Waals surface area contributed by atoms with Crippen LogP contribution in [-0.2, 0) is 11.2 Å². The van der Waals surface area contributed by atoms with Gasteiger partial charge in [0, 0.05) is 12.2 Å². The zero-order valence-electron chi connectivity index (χ0n) is 11.5. The third-order valence-electron chi connectivity index (χ3n) is 3.56. The van der Waals surface area contributed by atoms with Crippen molar-refractivity contribution in [1.82, 2.24) is 0 Å².